The highest BCUT2D eigenvalue weighted by Crippen LogP contribution is 2.41. The van der Waals surface area contributed by atoms with E-state index >= 15 is 4.39 Å². The van der Waals surface area contributed by atoms with Crippen LogP contribution in [-0.4, -0.2) is 42.7 Å². The van der Waals surface area contributed by atoms with Crippen LogP contribution in [0.2, 0.25) is 0 Å². The van der Waals surface area contributed by atoms with Crippen LogP contribution >= 0.6 is 0 Å². The lowest BCUT2D eigenvalue weighted by atomic mass is 9.78. The number of hydrogen-bond donors (Lipinski definition) is 1. The van der Waals surface area contributed by atoms with Crippen LogP contribution in [0.1, 0.15) is 72.9 Å². The molecule has 1 aromatic heterocycles. The van der Waals surface area contributed by atoms with Gasteiger partial charge in [0.15, 0.2) is 0 Å². The van der Waals surface area contributed by atoms with Crippen molar-refractivity contribution in [2.75, 3.05) is 0 Å². The summed E-state index contributed by atoms with van der Waals surface area (Å²) in [7, 11) is -5.23. The predicted molar refractivity (Wildman–Crippen MR) is 131 cm³/mol. The Morgan fingerprint density at radius 1 is 1.11 bits per heavy atom. The standard InChI is InChI=1S/C24H33BF4N2O4S/c1-21(2,3)13-31-12-16(20(24(27,28)29)30-36(32,33)14-8-9-14)15-10-18(26)17(11-19(15)31)25-34-22(4,5)23(6,7)35-25/h10-12,14,20,30H,8-9,13H2,1-7H3/t20-/m0/s1. The van der Waals surface area contributed by atoms with Crippen LogP contribution in [0.3, 0.4) is 0 Å². The molecule has 0 spiro atoms. The largest absolute Gasteiger partial charge is 0.497 e. The molecule has 1 aliphatic heterocycles. The fourth-order valence-electron chi connectivity index (χ4n) is 4.32. The third-order valence-corrected chi connectivity index (χ3v) is 8.98. The molecule has 12 heteroatoms. The van der Waals surface area contributed by atoms with Gasteiger partial charge in [0.05, 0.1) is 16.5 Å². The molecule has 0 unspecified atom stereocenters. The lowest BCUT2D eigenvalue weighted by Gasteiger charge is -2.32. The van der Waals surface area contributed by atoms with Gasteiger partial charge in [0.25, 0.3) is 0 Å². The van der Waals surface area contributed by atoms with Gasteiger partial charge in [-0.15, -0.1) is 0 Å². The number of nitrogens with zero attached hydrogens (tertiary/aromatic N) is 1. The number of nitrogens with one attached hydrogen (secondary N) is 1. The molecule has 200 valence electrons. The van der Waals surface area contributed by atoms with Gasteiger partial charge < -0.3 is 13.9 Å². The van der Waals surface area contributed by atoms with Gasteiger partial charge in [-0.1, -0.05) is 20.8 Å². The fourth-order valence-corrected chi connectivity index (χ4v) is 5.86. The summed E-state index contributed by atoms with van der Waals surface area (Å²) in [6.45, 7) is 13.4. The first-order valence-electron chi connectivity index (χ1n) is 12.0. The minimum atomic E-state index is -4.93. The van der Waals surface area contributed by atoms with Crippen LogP contribution in [0.15, 0.2) is 18.3 Å². The van der Waals surface area contributed by atoms with E-state index in [0.29, 0.717) is 24.9 Å². The summed E-state index contributed by atoms with van der Waals surface area (Å²) >= 11 is 0. The summed E-state index contributed by atoms with van der Waals surface area (Å²) in [5.74, 6) is -0.790. The summed E-state index contributed by atoms with van der Waals surface area (Å²) in [5, 5.41) is -0.852. The van der Waals surface area contributed by atoms with Gasteiger partial charge in [0.2, 0.25) is 10.0 Å². The van der Waals surface area contributed by atoms with Crippen LogP contribution in [-0.2, 0) is 25.9 Å². The molecule has 0 amide bonds. The second kappa shape index (κ2) is 8.44. The Kier molecular flexibility index (Phi) is 6.43. The van der Waals surface area contributed by atoms with Gasteiger partial charge in [0.1, 0.15) is 11.9 Å². The number of alkyl halides is 3. The third-order valence-electron chi connectivity index (χ3n) is 7.07. The van der Waals surface area contributed by atoms with Gasteiger partial charge in [-0.25, -0.2) is 12.8 Å². The highest BCUT2D eigenvalue weighted by atomic mass is 32.2. The van der Waals surface area contributed by atoms with Crippen molar-refractivity contribution in [3.63, 3.8) is 0 Å². The number of rotatable bonds is 6. The Balaban J connectivity index is 1.87. The van der Waals surface area contributed by atoms with Crippen molar-refractivity contribution in [3.8, 4) is 0 Å². The lowest BCUT2D eigenvalue weighted by molar-refractivity contribution is -0.152. The maximum atomic E-state index is 15.4. The number of aromatic nitrogens is 1. The summed E-state index contributed by atoms with van der Waals surface area (Å²) in [5.41, 5.74) is -1.73. The normalized spacial score (nSPS) is 21.4. The lowest BCUT2D eigenvalue weighted by Crippen LogP contribution is -2.41. The summed E-state index contributed by atoms with van der Waals surface area (Å²) in [6.07, 6.45) is -3.02. The van der Waals surface area contributed by atoms with E-state index in [1.165, 1.54) is 12.3 Å². The van der Waals surface area contributed by atoms with E-state index in [-0.39, 0.29) is 21.8 Å². The molecule has 1 saturated heterocycles. The van der Waals surface area contributed by atoms with E-state index in [1.54, 1.807) is 4.57 Å². The van der Waals surface area contributed by atoms with E-state index < -0.39 is 51.6 Å². The van der Waals surface area contributed by atoms with Gasteiger partial charge in [-0.3, -0.25) is 0 Å². The number of benzene rings is 1. The Morgan fingerprint density at radius 3 is 2.14 bits per heavy atom. The van der Waals surface area contributed by atoms with Crippen molar-refractivity contribution in [3.05, 3.63) is 29.7 Å². The van der Waals surface area contributed by atoms with Crippen LogP contribution < -0.4 is 10.2 Å². The molecule has 4 rings (SSSR count). The highest BCUT2D eigenvalue weighted by Gasteiger charge is 2.53. The van der Waals surface area contributed by atoms with Crippen molar-refractivity contribution in [2.24, 2.45) is 5.41 Å². The van der Waals surface area contributed by atoms with Crippen LogP contribution in [0.25, 0.3) is 10.9 Å². The van der Waals surface area contributed by atoms with E-state index in [4.69, 9.17) is 9.31 Å². The molecular weight excluding hydrogens is 499 g/mol. The Hall–Kier alpha value is -1.63. The first kappa shape index (κ1) is 27.4. The molecule has 1 aliphatic carbocycles. The minimum Gasteiger partial charge on any atom is -0.399 e. The molecule has 1 aromatic carbocycles. The summed E-state index contributed by atoms with van der Waals surface area (Å²) in [6, 6.07) is -0.0342. The first-order valence-corrected chi connectivity index (χ1v) is 13.5. The number of sulfonamides is 1. The second-order valence-corrected chi connectivity index (χ2v) is 14.1. The monoisotopic (exact) mass is 532 g/mol. The average molecular weight is 532 g/mol. The van der Waals surface area contributed by atoms with Crippen LogP contribution in [0.4, 0.5) is 17.6 Å². The molecule has 1 atom stereocenters. The predicted octanol–water partition coefficient (Wildman–Crippen LogP) is 4.81. The molecule has 0 radical (unpaired) electrons. The topological polar surface area (TPSA) is 69.6 Å². The van der Waals surface area contributed by atoms with E-state index in [1.807, 2.05) is 53.2 Å². The van der Waals surface area contributed by atoms with Crippen molar-refractivity contribution >= 4 is 33.5 Å². The number of fused-ring (bicyclic) bond motifs is 1. The third kappa shape index (κ3) is 5.19. The average Bonchev–Trinajstić information content (AvgIpc) is 3.45. The molecule has 2 fully saturated rings. The quantitative estimate of drug-likeness (QED) is 0.429. The van der Waals surface area contributed by atoms with E-state index in [9.17, 15) is 21.6 Å². The SMILES string of the molecule is CC(C)(C)Cn1cc([C@H](NS(=O)(=O)C2CC2)C(F)(F)F)c2cc(F)c(B3OC(C)(C)C(C)(C)O3)cc21. The fraction of sp³-hybridized carbons (Fsp3) is 0.667. The molecule has 2 aromatic rings. The first-order chi connectivity index (χ1) is 16.2. The van der Waals surface area contributed by atoms with Gasteiger partial charge in [-0.2, -0.15) is 17.9 Å². The maximum Gasteiger partial charge on any atom is 0.497 e. The van der Waals surface area contributed by atoms with Crippen molar-refractivity contribution in [1.82, 2.24) is 9.29 Å². The Morgan fingerprint density at radius 2 is 1.67 bits per heavy atom. The molecule has 36 heavy (non-hydrogen) atoms. The van der Waals surface area contributed by atoms with Gasteiger partial charge >= 0.3 is 13.3 Å². The minimum absolute atomic E-state index is 0.0159. The molecule has 0 bridgehead atoms. The highest BCUT2D eigenvalue weighted by molar-refractivity contribution is 7.90. The summed E-state index contributed by atoms with van der Waals surface area (Å²) in [4.78, 5) is 0. The van der Waals surface area contributed by atoms with Crippen LogP contribution in [0, 0.1) is 11.2 Å². The zero-order valence-electron chi connectivity index (χ0n) is 21.6. The zero-order valence-corrected chi connectivity index (χ0v) is 22.4. The smallest absolute Gasteiger partial charge is 0.399 e. The van der Waals surface area contributed by atoms with Crippen molar-refractivity contribution in [2.45, 2.75) is 96.5 Å². The molecular formula is C24H33BF4N2O4S. The Bertz CT molecular complexity index is 1260. The van der Waals surface area contributed by atoms with E-state index in [2.05, 4.69) is 0 Å². The number of hydrogen-bond acceptors (Lipinski definition) is 4. The van der Waals surface area contributed by atoms with Crippen molar-refractivity contribution < 1.29 is 35.3 Å². The van der Waals surface area contributed by atoms with Gasteiger partial charge in [-0.05, 0) is 58.1 Å². The maximum absolute atomic E-state index is 15.4. The zero-order chi connectivity index (χ0) is 27.1. The molecule has 6 nitrogen and oxygen atoms in total. The van der Waals surface area contributed by atoms with Crippen molar-refractivity contribution in [1.29, 1.82) is 0 Å². The number of halogens is 4. The van der Waals surface area contributed by atoms with Gasteiger partial charge in [0, 0.05) is 34.7 Å². The molecule has 2 heterocycles. The molecule has 1 N–H and O–H groups in total. The van der Waals surface area contributed by atoms with Crippen LogP contribution in [0.5, 0.6) is 0 Å². The molecule has 1 saturated carbocycles. The summed E-state index contributed by atoms with van der Waals surface area (Å²) < 4.78 is 98.5. The molecule has 2 aliphatic rings. The second-order valence-electron chi connectivity index (χ2n) is 12.1. The Labute approximate surface area is 209 Å². The van der Waals surface area contributed by atoms with E-state index in [0.717, 1.165) is 6.07 Å².